The van der Waals surface area contributed by atoms with Crippen LogP contribution in [-0.2, 0) is 0 Å². The first-order valence-corrected chi connectivity index (χ1v) is 5.70. The fourth-order valence-electron chi connectivity index (χ4n) is 2.55. The van der Waals surface area contributed by atoms with Gasteiger partial charge in [0.05, 0.1) is 17.3 Å². The predicted octanol–water partition coefficient (Wildman–Crippen LogP) is 4.17. The van der Waals surface area contributed by atoms with E-state index in [1.54, 1.807) is 6.20 Å². The molecule has 0 aliphatic heterocycles. The molecule has 0 spiro atoms. The molecule has 0 aliphatic carbocycles. The van der Waals surface area contributed by atoms with Gasteiger partial charge in [0.15, 0.2) is 0 Å². The summed E-state index contributed by atoms with van der Waals surface area (Å²) in [4.78, 5) is 0. The van der Waals surface area contributed by atoms with Crippen molar-refractivity contribution in [2.45, 2.75) is 47.6 Å². The van der Waals surface area contributed by atoms with E-state index < -0.39 is 0 Å². The van der Waals surface area contributed by atoms with E-state index in [1.165, 1.54) is 0 Å². The summed E-state index contributed by atoms with van der Waals surface area (Å²) in [5.41, 5.74) is 0.321. The Bertz CT molecular complexity index is 314. The van der Waals surface area contributed by atoms with E-state index in [9.17, 15) is 0 Å². The van der Waals surface area contributed by atoms with E-state index in [2.05, 4.69) is 46.6 Å². The van der Waals surface area contributed by atoms with Gasteiger partial charge in [0.1, 0.15) is 0 Å². The second kappa shape index (κ2) is 3.82. The molecule has 1 rings (SSSR count). The van der Waals surface area contributed by atoms with Gasteiger partial charge < -0.3 is 0 Å². The molecule has 0 saturated carbocycles. The van der Waals surface area contributed by atoms with E-state index in [-0.39, 0.29) is 10.8 Å². The number of aromatic nitrogens is 2. The van der Waals surface area contributed by atoms with Gasteiger partial charge in [-0.2, -0.15) is 5.10 Å². The van der Waals surface area contributed by atoms with Crippen LogP contribution in [-0.4, -0.2) is 9.78 Å². The molecule has 0 aliphatic rings. The minimum atomic E-state index is 0.160. The molecule has 86 valence electrons. The van der Waals surface area contributed by atoms with Gasteiger partial charge in [0, 0.05) is 6.20 Å². The van der Waals surface area contributed by atoms with E-state index in [1.807, 2.05) is 10.9 Å². The Morgan fingerprint density at radius 3 is 1.87 bits per heavy atom. The second-order valence-electron chi connectivity index (χ2n) is 6.27. The number of nitrogens with zero attached hydrogens (tertiary/aromatic N) is 2. The first-order valence-electron chi connectivity index (χ1n) is 5.32. The zero-order valence-corrected chi connectivity index (χ0v) is 11.3. The molecule has 0 radical (unpaired) electrons. The average molecular weight is 229 g/mol. The topological polar surface area (TPSA) is 17.8 Å². The summed E-state index contributed by atoms with van der Waals surface area (Å²) < 4.78 is 1.99. The summed E-state index contributed by atoms with van der Waals surface area (Å²) in [7, 11) is 0. The van der Waals surface area contributed by atoms with Crippen molar-refractivity contribution in [1.82, 2.24) is 9.78 Å². The Hall–Kier alpha value is -0.500. The first kappa shape index (κ1) is 12.6. The lowest BCUT2D eigenvalue weighted by molar-refractivity contribution is 0.0990. The van der Waals surface area contributed by atoms with Crippen LogP contribution in [0.25, 0.3) is 0 Å². The largest absolute Gasteiger partial charge is 0.267 e. The predicted molar refractivity (Wildman–Crippen MR) is 65.2 cm³/mol. The summed E-state index contributed by atoms with van der Waals surface area (Å²) in [6, 6.07) is 0.331. The summed E-state index contributed by atoms with van der Waals surface area (Å²) in [6.07, 6.45) is 3.61. The highest BCUT2D eigenvalue weighted by molar-refractivity contribution is 6.30. The van der Waals surface area contributed by atoms with Crippen molar-refractivity contribution in [3.63, 3.8) is 0 Å². The van der Waals surface area contributed by atoms with Crippen LogP contribution in [0.4, 0.5) is 0 Å². The third kappa shape index (κ3) is 2.97. The minimum absolute atomic E-state index is 0.160. The molecule has 0 bridgehead atoms. The van der Waals surface area contributed by atoms with Crippen LogP contribution < -0.4 is 0 Å². The Morgan fingerprint density at radius 1 is 1.13 bits per heavy atom. The zero-order valence-electron chi connectivity index (χ0n) is 10.5. The lowest BCUT2D eigenvalue weighted by atomic mass is 9.72. The summed E-state index contributed by atoms with van der Waals surface area (Å²) in [5.74, 6) is 0. The molecule has 2 nitrogen and oxygen atoms in total. The molecule has 1 heterocycles. The highest BCUT2D eigenvalue weighted by Gasteiger charge is 2.36. The maximum absolute atomic E-state index is 5.92. The molecule has 0 fully saturated rings. The van der Waals surface area contributed by atoms with Crippen LogP contribution in [0.15, 0.2) is 12.4 Å². The number of hydrogen-bond donors (Lipinski definition) is 0. The molecule has 1 aromatic heterocycles. The molecule has 0 amide bonds. The summed E-state index contributed by atoms with van der Waals surface area (Å²) >= 11 is 5.92. The molecule has 1 aromatic rings. The molecule has 0 unspecified atom stereocenters. The van der Waals surface area contributed by atoms with Crippen molar-refractivity contribution in [1.29, 1.82) is 0 Å². The van der Waals surface area contributed by atoms with Crippen LogP contribution in [0.3, 0.4) is 0 Å². The van der Waals surface area contributed by atoms with Crippen molar-refractivity contribution in [2.75, 3.05) is 0 Å². The van der Waals surface area contributed by atoms with Gasteiger partial charge in [-0.3, -0.25) is 4.68 Å². The zero-order chi connectivity index (χ0) is 11.9. The van der Waals surface area contributed by atoms with E-state index >= 15 is 0 Å². The Labute approximate surface area is 97.6 Å². The van der Waals surface area contributed by atoms with Crippen LogP contribution in [0.1, 0.15) is 47.6 Å². The van der Waals surface area contributed by atoms with Gasteiger partial charge >= 0.3 is 0 Å². The molecule has 3 heteroatoms. The third-order valence-electron chi connectivity index (χ3n) is 2.48. The minimum Gasteiger partial charge on any atom is -0.267 e. The molecule has 0 atom stereocenters. The standard InChI is InChI=1S/C12H21ClN2/c1-11(2,3)10(12(4,5)6)15-8-9(13)7-14-15/h7-8,10H,1-6H3. The maximum atomic E-state index is 5.92. The fraction of sp³-hybridized carbons (Fsp3) is 0.750. The Kier molecular flexibility index (Phi) is 3.20. The molecule has 0 saturated heterocycles. The molecular weight excluding hydrogens is 208 g/mol. The number of hydrogen-bond acceptors (Lipinski definition) is 1. The van der Waals surface area contributed by atoms with Crippen LogP contribution in [0, 0.1) is 10.8 Å². The third-order valence-corrected chi connectivity index (χ3v) is 2.67. The van der Waals surface area contributed by atoms with E-state index in [0.717, 1.165) is 0 Å². The maximum Gasteiger partial charge on any atom is 0.0785 e. The normalized spacial score (nSPS) is 13.6. The molecule has 15 heavy (non-hydrogen) atoms. The van der Waals surface area contributed by atoms with Gasteiger partial charge in [-0.25, -0.2) is 0 Å². The second-order valence-corrected chi connectivity index (χ2v) is 6.71. The monoisotopic (exact) mass is 228 g/mol. The van der Waals surface area contributed by atoms with Crippen molar-refractivity contribution in [2.24, 2.45) is 10.8 Å². The van der Waals surface area contributed by atoms with Gasteiger partial charge in [-0.15, -0.1) is 0 Å². The van der Waals surface area contributed by atoms with Gasteiger partial charge in [0.2, 0.25) is 0 Å². The van der Waals surface area contributed by atoms with Crippen LogP contribution in [0.2, 0.25) is 5.02 Å². The van der Waals surface area contributed by atoms with Crippen molar-refractivity contribution in [3.8, 4) is 0 Å². The van der Waals surface area contributed by atoms with Crippen molar-refractivity contribution in [3.05, 3.63) is 17.4 Å². The smallest absolute Gasteiger partial charge is 0.0785 e. The molecule has 0 aromatic carbocycles. The molecular formula is C12H21ClN2. The lowest BCUT2D eigenvalue weighted by Gasteiger charge is -2.40. The van der Waals surface area contributed by atoms with Crippen molar-refractivity contribution >= 4 is 11.6 Å². The fourth-order valence-corrected chi connectivity index (χ4v) is 2.69. The molecule has 0 N–H and O–H groups in total. The van der Waals surface area contributed by atoms with Gasteiger partial charge in [-0.1, -0.05) is 53.1 Å². The SMILES string of the molecule is CC(C)(C)C(n1cc(Cl)cn1)C(C)(C)C. The van der Waals surface area contributed by atoms with Crippen LogP contribution in [0.5, 0.6) is 0 Å². The van der Waals surface area contributed by atoms with Crippen molar-refractivity contribution < 1.29 is 0 Å². The number of rotatable bonds is 1. The number of halogens is 1. The summed E-state index contributed by atoms with van der Waals surface area (Å²) in [5, 5.41) is 5.04. The highest BCUT2D eigenvalue weighted by atomic mass is 35.5. The average Bonchev–Trinajstić information content (AvgIpc) is 2.28. The van der Waals surface area contributed by atoms with Crippen LogP contribution >= 0.6 is 11.6 Å². The first-order chi connectivity index (χ1) is 6.62. The quantitative estimate of drug-likeness (QED) is 0.706. The highest BCUT2D eigenvalue weighted by Crippen LogP contribution is 2.43. The Balaban J connectivity index is 3.14. The summed E-state index contributed by atoms with van der Waals surface area (Å²) in [6.45, 7) is 13.4. The lowest BCUT2D eigenvalue weighted by Crippen LogP contribution is -2.35. The Morgan fingerprint density at radius 2 is 1.60 bits per heavy atom. The van der Waals surface area contributed by atoms with E-state index in [0.29, 0.717) is 11.1 Å². The van der Waals surface area contributed by atoms with Gasteiger partial charge in [0.25, 0.3) is 0 Å². The van der Waals surface area contributed by atoms with E-state index in [4.69, 9.17) is 11.6 Å². The van der Waals surface area contributed by atoms with Gasteiger partial charge in [-0.05, 0) is 10.8 Å².